The number of hydrogen-bond acceptors (Lipinski definition) is 1. The largest absolute Gasteiger partial charge is 0.351 e. The van der Waals surface area contributed by atoms with Gasteiger partial charge in [-0.2, -0.15) is 0 Å². The lowest BCUT2D eigenvalue weighted by Gasteiger charge is -2.31. The summed E-state index contributed by atoms with van der Waals surface area (Å²) in [5.74, 6) is 0.783. The van der Waals surface area contributed by atoms with Crippen molar-refractivity contribution in [3.63, 3.8) is 0 Å². The van der Waals surface area contributed by atoms with Gasteiger partial charge < -0.3 is 5.32 Å². The Morgan fingerprint density at radius 2 is 1.80 bits per heavy atom. The van der Waals surface area contributed by atoms with E-state index < -0.39 is 0 Å². The quantitative estimate of drug-likeness (QED) is 0.670. The van der Waals surface area contributed by atoms with Crippen molar-refractivity contribution in [2.75, 3.05) is 0 Å². The summed E-state index contributed by atoms with van der Waals surface area (Å²) in [6.45, 7) is 10.6. The lowest BCUT2D eigenvalue weighted by atomic mass is 9.75. The van der Waals surface area contributed by atoms with E-state index >= 15 is 0 Å². The second-order valence-corrected chi connectivity index (χ2v) is 4.93. The van der Waals surface area contributed by atoms with Crippen LogP contribution >= 0.6 is 0 Å². The Morgan fingerprint density at radius 3 is 2.13 bits per heavy atom. The highest BCUT2D eigenvalue weighted by atomic mass is 16.1. The van der Waals surface area contributed by atoms with Crippen LogP contribution in [0.1, 0.15) is 53.9 Å². The molecular weight excluding hydrogens is 185 g/mol. The molecule has 0 aromatic rings. The van der Waals surface area contributed by atoms with Crippen molar-refractivity contribution < 1.29 is 4.79 Å². The maximum Gasteiger partial charge on any atom is 0.215 e. The van der Waals surface area contributed by atoms with Gasteiger partial charge in [0, 0.05) is 11.4 Å². The number of carbonyl (C=O) groups excluding carboxylic acids is 1. The average Bonchev–Trinajstić information content (AvgIpc) is 2.26. The maximum atomic E-state index is 12.0. The molecule has 0 aliphatic rings. The molecule has 0 rings (SSSR count). The van der Waals surface area contributed by atoms with Gasteiger partial charge in [0.2, 0.25) is 5.91 Å². The van der Waals surface area contributed by atoms with Crippen LogP contribution in [0.3, 0.4) is 0 Å². The van der Waals surface area contributed by atoms with E-state index in [1.807, 2.05) is 7.85 Å². The van der Waals surface area contributed by atoms with Crippen LogP contribution in [0.25, 0.3) is 0 Å². The van der Waals surface area contributed by atoms with E-state index in [0.29, 0.717) is 5.92 Å². The standard InChI is InChI=1S/C12H26BNO/c1-6-9(4)10(13)11(15)14-12(5,7-2)8-3/h9-10H,6-8,13H2,1-5H3,(H,14,15). The minimum absolute atomic E-state index is 0.0290. The molecule has 3 heteroatoms. The Labute approximate surface area is 95.6 Å². The maximum absolute atomic E-state index is 12.0. The average molecular weight is 211 g/mol. The number of nitrogens with one attached hydrogen (secondary N) is 1. The van der Waals surface area contributed by atoms with Gasteiger partial charge in [-0.1, -0.05) is 34.1 Å². The molecule has 15 heavy (non-hydrogen) atoms. The molecular formula is C12H26BNO. The highest BCUT2D eigenvalue weighted by Gasteiger charge is 2.26. The molecule has 2 atom stereocenters. The van der Waals surface area contributed by atoms with Crippen molar-refractivity contribution in [1.29, 1.82) is 0 Å². The van der Waals surface area contributed by atoms with Gasteiger partial charge in [-0.25, -0.2) is 0 Å². The molecule has 0 bridgehead atoms. The molecule has 0 fully saturated rings. The number of carbonyl (C=O) groups is 1. The normalized spacial score (nSPS) is 15.8. The number of amides is 1. The first kappa shape index (κ1) is 14.5. The van der Waals surface area contributed by atoms with E-state index in [1.165, 1.54) is 0 Å². The summed E-state index contributed by atoms with van der Waals surface area (Å²) in [5.41, 5.74) is -0.0290. The summed E-state index contributed by atoms with van der Waals surface area (Å²) in [6.07, 6.45) is 3.04. The number of hydrogen-bond donors (Lipinski definition) is 1. The van der Waals surface area contributed by atoms with Crippen molar-refractivity contribution in [3.05, 3.63) is 0 Å². The smallest absolute Gasteiger partial charge is 0.215 e. The van der Waals surface area contributed by atoms with Crippen molar-refractivity contribution in [3.8, 4) is 0 Å². The van der Waals surface area contributed by atoms with Crippen LogP contribution in [0.5, 0.6) is 0 Å². The van der Waals surface area contributed by atoms with Crippen LogP contribution < -0.4 is 5.32 Å². The van der Waals surface area contributed by atoms with E-state index in [0.717, 1.165) is 19.3 Å². The van der Waals surface area contributed by atoms with Crippen LogP contribution in [0.2, 0.25) is 5.82 Å². The summed E-state index contributed by atoms with van der Waals surface area (Å²) in [6, 6.07) is 0. The Kier molecular flexibility index (Phi) is 6.00. The van der Waals surface area contributed by atoms with Gasteiger partial charge in [-0.15, -0.1) is 0 Å². The monoisotopic (exact) mass is 211 g/mol. The van der Waals surface area contributed by atoms with Gasteiger partial charge in [-0.3, -0.25) is 4.79 Å². The molecule has 0 aliphatic heterocycles. The summed E-state index contributed by atoms with van der Waals surface area (Å²) >= 11 is 0. The molecule has 0 spiro atoms. The van der Waals surface area contributed by atoms with Gasteiger partial charge in [0.25, 0.3) is 0 Å². The van der Waals surface area contributed by atoms with Gasteiger partial charge in [0.1, 0.15) is 7.85 Å². The highest BCUT2D eigenvalue weighted by Crippen LogP contribution is 2.21. The molecule has 88 valence electrons. The fraction of sp³-hybridized carbons (Fsp3) is 0.917. The molecule has 0 heterocycles. The fourth-order valence-corrected chi connectivity index (χ4v) is 1.45. The Hall–Kier alpha value is -0.465. The van der Waals surface area contributed by atoms with Crippen molar-refractivity contribution in [2.24, 2.45) is 5.92 Å². The Balaban J connectivity index is 4.35. The second kappa shape index (κ2) is 6.19. The SMILES string of the molecule is BC(C(=O)NC(C)(CC)CC)C(C)CC. The zero-order chi connectivity index (χ0) is 12.1. The summed E-state index contributed by atoms with van der Waals surface area (Å²) in [4.78, 5) is 12.0. The zero-order valence-electron chi connectivity index (χ0n) is 11.2. The lowest BCUT2D eigenvalue weighted by molar-refractivity contribution is -0.123. The van der Waals surface area contributed by atoms with E-state index in [4.69, 9.17) is 0 Å². The molecule has 0 saturated carbocycles. The number of rotatable bonds is 6. The third kappa shape index (κ3) is 4.27. The third-order valence-electron chi connectivity index (χ3n) is 3.90. The fourth-order valence-electron chi connectivity index (χ4n) is 1.45. The third-order valence-corrected chi connectivity index (χ3v) is 3.90. The predicted molar refractivity (Wildman–Crippen MR) is 68.9 cm³/mol. The van der Waals surface area contributed by atoms with Gasteiger partial charge in [-0.05, 0) is 25.7 Å². The van der Waals surface area contributed by atoms with Crippen LogP contribution in [0, 0.1) is 5.92 Å². The van der Waals surface area contributed by atoms with E-state index in [1.54, 1.807) is 0 Å². The van der Waals surface area contributed by atoms with Gasteiger partial charge >= 0.3 is 0 Å². The molecule has 0 aromatic heterocycles. The summed E-state index contributed by atoms with van der Waals surface area (Å²) in [5, 5.41) is 3.17. The van der Waals surface area contributed by atoms with Crippen LogP contribution in [0.4, 0.5) is 0 Å². The molecule has 1 N–H and O–H groups in total. The molecule has 2 nitrogen and oxygen atoms in total. The van der Waals surface area contributed by atoms with Crippen molar-refractivity contribution >= 4 is 13.8 Å². The molecule has 1 amide bonds. The molecule has 0 saturated heterocycles. The minimum Gasteiger partial charge on any atom is -0.351 e. The van der Waals surface area contributed by atoms with Crippen molar-refractivity contribution in [1.82, 2.24) is 5.32 Å². The second-order valence-electron chi connectivity index (χ2n) is 4.93. The molecule has 0 aliphatic carbocycles. The van der Waals surface area contributed by atoms with E-state index in [9.17, 15) is 4.79 Å². The van der Waals surface area contributed by atoms with Crippen molar-refractivity contribution in [2.45, 2.75) is 65.2 Å². The highest BCUT2D eigenvalue weighted by molar-refractivity contribution is 6.24. The van der Waals surface area contributed by atoms with Gasteiger partial charge in [0.05, 0.1) is 0 Å². The summed E-state index contributed by atoms with van der Waals surface area (Å²) < 4.78 is 0. The van der Waals surface area contributed by atoms with E-state index in [2.05, 4.69) is 39.9 Å². The Bertz CT molecular complexity index is 202. The first-order valence-corrected chi connectivity index (χ1v) is 6.22. The van der Waals surface area contributed by atoms with E-state index in [-0.39, 0.29) is 17.3 Å². The minimum atomic E-state index is -0.0290. The first-order valence-electron chi connectivity index (χ1n) is 6.22. The van der Waals surface area contributed by atoms with Crippen LogP contribution in [-0.4, -0.2) is 19.3 Å². The molecule has 2 unspecified atom stereocenters. The Morgan fingerprint density at radius 1 is 1.33 bits per heavy atom. The lowest BCUT2D eigenvalue weighted by Crippen LogP contribution is -2.47. The molecule has 0 radical (unpaired) electrons. The predicted octanol–water partition coefficient (Wildman–Crippen LogP) is 2.15. The molecule has 0 aromatic carbocycles. The van der Waals surface area contributed by atoms with Crippen LogP contribution in [-0.2, 0) is 4.79 Å². The first-order chi connectivity index (χ1) is 6.90. The summed E-state index contributed by atoms with van der Waals surface area (Å²) in [7, 11) is 2.02. The van der Waals surface area contributed by atoms with Gasteiger partial charge in [0.15, 0.2) is 0 Å². The topological polar surface area (TPSA) is 29.1 Å². The zero-order valence-corrected chi connectivity index (χ0v) is 11.2. The van der Waals surface area contributed by atoms with Crippen LogP contribution in [0.15, 0.2) is 0 Å².